The van der Waals surface area contributed by atoms with Gasteiger partial charge in [0, 0.05) is 39.1 Å². The van der Waals surface area contributed by atoms with Crippen molar-refractivity contribution >= 4 is 28.4 Å². The third kappa shape index (κ3) is 4.35. The van der Waals surface area contributed by atoms with Gasteiger partial charge in [-0.1, -0.05) is 24.3 Å². The van der Waals surface area contributed by atoms with Gasteiger partial charge in [-0.3, -0.25) is 9.36 Å². The zero-order valence-corrected chi connectivity index (χ0v) is 16.6. The van der Waals surface area contributed by atoms with Crippen LogP contribution in [0.1, 0.15) is 12.8 Å². The first kappa shape index (κ1) is 19.3. The van der Waals surface area contributed by atoms with Gasteiger partial charge in [0.25, 0.3) is 0 Å². The lowest BCUT2D eigenvalue weighted by atomic mass is 10.2. The molecule has 7 heteroatoms. The van der Waals surface area contributed by atoms with E-state index in [1.807, 2.05) is 36.4 Å². The van der Waals surface area contributed by atoms with Crippen LogP contribution in [-0.4, -0.2) is 48.6 Å². The van der Waals surface area contributed by atoms with Crippen LogP contribution in [0.25, 0.3) is 11.1 Å². The van der Waals surface area contributed by atoms with E-state index in [1.165, 1.54) is 0 Å². The number of fused-ring (bicyclic) bond motifs is 1. The van der Waals surface area contributed by atoms with Crippen LogP contribution in [0.3, 0.4) is 0 Å². The molecule has 0 aliphatic carbocycles. The average Bonchev–Trinajstić information content (AvgIpc) is 3.04. The van der Waals surface area contributed by atoms with Crippen molar-refractivity contribution in [2.24, 2.45) is 0 Å². The van der Waals surface area contributed by atoms with Crippen molar-refractivity contribution in [1.82, 2.24) is 9.47 Å². The zero-order chi connectivity index (χ0) is 20.2. The summed E-state index contributed by atoms with van der Waals surface area (Å²) >= 11 is 0. The Hall–Kier alpha value is -3.06. The fourth-order valence-electron chi connectivity index (χ4n) is 3.74. The maximum atomic E-state index is 12.5. The second-order valence-corrected chi connectivity index (χ2v) is 7.45. The van der Waals surface area contributed by atoms with E-state index in [2.05, 4.69) is 28.2 Å². The van der Waals surface area contributed by atoms with Gasteiger partial charge in [0.15, 0.2) is 5.58 Å². The van der Waals surface area contributed by atoms with Crippen LogP contribution in [0, 0.1) is 0 Å². The monoisotopic (exact) mass is 394 g/mol. The molecule has 0 radical (unpaired) electrons. The van der Waals surface area contributed by atoms with Crippen molar-refractivity contribution in [1.29, 1.82) is 0 Å². The topological polar surface area (TPSA) is 70.7 Å². The first-order chi connectivity index (χ1) is 14.1. The molecule has 1 aliphatic heterocycles. The van der Waals surface area contributed by atoms with Crippen LogP contribution in [0.4, 0.5) is 11.4 Å². The largest absolute Gasteiger partial charge is 0.419 e. The third-order valence-corrected chi connectivity index (χ3v) is 5.38. The Balaban J connectivity index is 1.37. The molecule has 152 valence electrons. The van der Waals surface area contributed by atoms with Gasteiger partial charge < -0.3 is 19.5 Å². The molecule has 0 unspecified atom stereocenters. The predicted octanol–water partition coefficient (Wildman–Crippen LogP) is 2.77. The van der Waals surface area contributed by atoms with Crippen molar-refractivity contribution in [3.8, 4) is 0 Å². The molecular weight excluding hydrogens is 368 g/mol. The van der Waals surface area contributed by atoms with Gasteiger partial charge in [0.1, 0.15) is 0 Å². The molecule has 0 saturated carbocycles. The van der Waals surface area contributed by atoms with Crippen LogP contribution in [0.2, 0.25) is 0 Å². The van der Waals surface area contributed by atoms with E-state index in [1.54, 1.807) is 10.6 Å². The van der Waals surface area contributed by atoms with Crippen molar-refractivity contribution in [3.05, 3.63) is 59.1 Å². The number of hydrogen-bond donors (Lipinski definition) is 1. The summed E-state index contributed by atoms with van der Waals surface area (Å²) < 4.78 is 6.82. The summed E-state index contributed by atoms with van der Waals surface area (Å²) in [6, 6.07) is 15.3. The van der Waals surface area contributed by atoms with Gasteiger partial charge in [0.2, 0.25) is 5.91 Å². The van der Waals surface area contributed by atoms with E-state index in [0.29, 0.717) is 25.0 Å². The third-order valence-electron chi connectivity index (χ3n) is 5.38. The molecule has 7 nitrogen and oxygen atoms in total. The fraction of sp³-hybridized carbons (Fsp3) is 0.364. The first-order valence-electron chi connectivity index (χ1n) is 10.0. The van der Waals surface area contributed by atoms with Gasteiger partial charge in [-0.05, 0) is 37.7 Å². The Bertz CT molecular complexity index is 1050. The van der Waals surface area contributed by atoms with Crippen molar-refractivity contribution < 1.29 is 9.21 Å². The number of piperazine rings is 1. The quantitative estimate of drug-likeness (QED) is 0.696. The van der Waals surface area contributed by atoms with Gasteiger partial charge >= 0.3 is 5.76 Å². The Kier molecular flexibility index (Phi) is 5.67. The molecule has 1 amide bonds. The minimum Gasteiger partial charge on any atom is -0.408 e. The minimum absolute atomic E-state index is 0.0487. The molecule has 0 spiro atoms. The Morgan fingerprint density at radius 2 is 1.76 bits per heavy atom. The normalized spacial score (nSPS) is 15.0. The Morgan fingerprint density at radius 1 is 1.03 bits per heavy atom. The molecule has 3 aromatic rings. The van der Waals surface area contributed by atoms with Crippen LogP contribution in [-0.2, 0) is 11.3 Å². The molecule has 29 heavy (non-hydrogen) atoms. The highest BCUT2D eigenvalue weighted by Gasteiger charge is 2.17. The molecule has 2 heterocycles. The van der Waals surface area contributed by atoms with Crippen molar-refractivity contribution in [2.75, 3.05) is 43.4 Å². The second-order valence-electron chi connectivity index (χ2n) is 7.45. The summed E-state index contributed by atoms with van der Waals surface area (Å²) in [5.41, 5.74) is 3.24. The highest BCUT2D eigenvalue weighted by molar-refractivity contribution is 5.94. The number of oxazole rings is 1. The number of nitrogens with zero attached hydrogens (tertiary/aromatic N) is 3. The maximum Gasteiger partial charge on any atom is 0.419 e. The fourth-order valence-corrected chi connectivity index (χ4v) is 3.74. The molecule has 0 atom stereocenters. The molecule has 1 aliphatic rings. The molecule has 2 aromatic carbocycles. The number of hydrogen-bond acceptors (Lipinski definition) is 5. The number of benzene rings is 2. The van der Waals surface area contributed by atoms with E-state index in [9.17, 15) is 9.59 Å². The molecule has 1 aromatic heterocycles. The lowest BCUT2D eigenvalue weighted by Gasteiger charge is -2.35. The summed E-state index contributed by atoms with van der Waals surface area (Å²) in [6.45, 7) is 4.36. The zero-order valence-electron chi connectivity index (χ0n) is 16.6. The molecule has 0 bridgehead atoms. The maximum absolute atomic E-state index is 12.5. The summed E-state index contributed by atoms with van der Waals surface area (Å²) in [5, 5.41) is 3.05. The molecule has 1 fully saturated rings. The second kappa shape index (κ2) is 8.53. The minimum atomic E-state index is -0.382. The smallest absolute Gasteiger partial charge is 0.408 e. The molecule has 1 saturated heterocycles. The van der Waals surface area contributed by atoms with Gasteiger partial charge in [-0.25, -0.2) is 4.79 Å². The van der Waals surface area contributed by atoms with Gasteiger partial charge in [-0.2, -0.15) is 0 Å². The Labute approximate surface area is 169 Å². The lowest BCUT2D eigenvalue weighted by Crippen LogP contribution is -2.44. The predicted molar refractivity (Wildman–Crippen MR) is 114 cm³/mol. The summed E-state index contributed by atoms with van der Waals surface area (Å²) in [7, 11) is 2.12. The number of rotatable bonds is 6. The van der Waals surface area contributed by atoms with E-state index in [-0.39, 0.29) is 11.7 Å². The van der Waals surface area contributed by atoms with Crippen LogP contribution in [0.5, 0.6) is 0 Å². The number of carbonyl (C=O) groups is 1. The Morgan fingerprint density at radius 3 is 2.59 bits per heavy atom. The van der Waals surface area contributed by atoms with Crippen molar-refractivity contribution in [2.45, 2.75) is 19.4 Å². The van der Waals surface area contributed by atoms with Crippen LogP contribution in [0.15, 0.2) is 57.7 Å². The van der Waals surface area contributed by atoms with E-state index >= 15 is 0 Å². The number of likely N-dealkylation sites (N-methyl/N-ethyl adjacent to an activating group) is 1. The molecular formula is C22H26N4O3. The van der Waals surface area contributed by atoms with Gasteiger partial charge in [-0.15, -0.1) is 0 Å². The van der Waals surface area contributed by atoms with E-state index in [4.69, 9.17) is 4.42 Å². The highest BCUT2D eigenvalue weighted by Crippen LogP contribution is 2.26. The number of anilines is 2. The van der Waals surface area contributed by atoms with E-state index < -0.39 is 0 Å². The summed E-state index contributed by atoms with van der Waals surface area (Å²) in [5.74, 6) is -0.431. The number of nitrogens with one attached hydrogen (secondary N) is 1. The lowest BCUT2D eigenvalue weighted by molar-refractivity contribution is -0.116. The summed E-state index contributed by atoms with van der Waals surface area (Å²) in [6.07, 6.45) is 0.898. The first-order valence-corrected chi connectivity index (χ1v) is 10.0. The standard InChI is InChI=1S/C22H26N4O3/c1-24-13-15-25(16-14-24)18-8-3-2-7-17(18)23-21(27)11-6-12-26-19-9-4-5-10-20(19)29-22(26)28/h2-5,7-10H,6,11-16H2,1H3,(H,23,27). The van der Waals surface area contributed by atoms with Crippen LogP contribution >= 0.6 is 0 Å². The van der Waals surface area contributed by atoms with E-state index in [0.717, 1.165) is 43.1 Å². The number of carbonyl (C=O) groups excluding carboxylic acids is 1. The number of amides is 1. The average molecular weight is 394 g/mol. The number of aryl methyl sites for hydroxylation is 1. The number of para-hydroxylation sites is 4. The van der Waals surface area contributed by atoms with Crippen molar-refractivity contribution in [3.63, 3.8) is 0 Å². The SMILES string of the molecule is CN1CCN(c2ccccc2NC(=O)CCCn2c(=O)oc3ccccc32)CC1. The summed E-state index contributed by atoms with van der Waals surface area (Å²) in [4.78, 5) is 29.2. The van der Waals surface area contributed by atoms with Crippen LogP contribution < -0.4 is 16.0 Å². The number of aromatic nitrogens is 1. The molecule has 1 N–H and O–H groups in total. The highest BCUT2D eigenvalue weighted by atomic mass is 16.4. The molecule has 4 rings (SSSR count). The van der Waals surface area contributed by atoms with Gasteiger partial charge in [0.05, 0.1) is 16.9 Å².